The van der Waals surface area contributed by atoms with Gasteiger partial charge in [0.25, 0.3) is 0 Å². The Morgan fingerprint density at radius 3 is 2.59 bits per heavy atom. The van der Waals surface area contributed by atoms with E-state index in [1.54, 1.807) is 5.57 Å². The monoisotopic (exact) mass is 426 g/mol. The molecule has 0 bridgehead atoms. The number of hydrogen-bond acceptors (Lipinski definition) is 2. The van der Waals surface area contributed by atoms with Crippen LogP contribution in [0.15, 0.2) is 53.6 Å². The van der Waals surface area contributed by atoms with E-state index in [4.69, 9.17) is 0 Å². The van der Waals surface area contributed by atoms with Crippen molar-refractivity contribution in [1.82, 2.24) is 0 Å². The molecule has 0 aliphatic heterocycles. The Morgan fingerprint density at radius 2 is 1.91 bits per heavy atom. The van der Waals surface area contributed by atoms with E-state index >= 15 is 0 Å². The summed E-state index contributed by atoms with van der Waals surface area (Å²) < 4.78 is 0. The molecule has 0 spiro atoms. The summed E-state index contributed by atoms with van der Waals surface area (Å²) in [6.45, 7) is 10.3. The van der Waals surface area contributed by atoms with Gasteiger partial charge in [0, 0.05) is 17.8 Å². The SMILES string of the molecule is C=C(C)c1ccc([C@H]2C[C@@]3(C)[C@@H](CC[C@@]3(O)C#CC)[C@@H]3CCC4=CC(=O)CCC4=C32)cc1. The summed E-state index contributed by atoms with van der Waals surface area (Å²) >= 11 is 0. The van der Waals surface area contributed by atoms with Crippen LogP contribution in [-0.4, -0.2) is 16.5 Å². The van der Waals surface area contributed by atoms with Crippen LogP contribution in [0.3, 0.4) is 0 Å². The molecule has 2 saturated carbocycles. The topological polar surface area (TPSA) is 37.3 Å². The fraction of sp³-hybridized carbons (Fsp3) is 0.500. The molecule has 0 unspecified atom stereocenters. The quantitative estimate of drug-likeness (QED) is 0.558. The van der Waals surface area contributed by atoms with Crippen molar-refractivity contribution >= 4 is 11.4 Å². The molecule has 166 valence electrons. The Hall–Kier alpha value is -2.37. The van der Waals surface area contributed by atoms with E-state index in [0.29, 0.717) is 18.3 Å². The van der Waals surface area contributed by atoms with E-state index in [-0.39, 0.29) is 17.1 Å². The molecule has 32 heavy (non-hydrogen) atoms. The standard InChI is InChI=1S/C30H34O2/c1-5-15-30(32)16-14-27-25-12-10-22-17-23(31)11-13-24(22)28(25)26(18-29(27,30)4)21-8-6-20(7-9-21)19(2)3/h6-9,17,25-27,32H,2,10-14,16,18H2,1,3-4H3/t25-,26+,27-,29-,30-/m0/s1. The van der Waals surface area contributed by atoms with Gasteiger partial charge in [-0.2, -0.15) is 0 Å². The van der Waals surface area contributed by atoms with Crippen LogP contribution in [-0.2, 0) is 4.79 Å². The number of carbonyl (C=O) groups is 1. The number of allylic oxidation sites excluding steroid dienone is 5. The molecule has 5 atom stereocenters. The number of hydrogen-bond donors (Lipinski definition) is 1. The first-order valence-electron chi connectivity index (χ1n) is 12.2. The van der Waals surface area contributed by atoms with Gasteiger partial charge in [0.05, 0.1) is 0 Å². The van der Waals surface area contributed by atoms with Crippen molar-refractivity contribution in [2.75, 3.05) is 0 Å². The van der Waals surface area contributed by atoms with E-state index in [9.17, 15) is 9.90 Å². The highest BCUT2D eigenvalue weighted by atomic mass is 16.3. The van der Waals surface area contributed by atoms with Crippen LogP contribution in [0.25, 0.3) is 5.57 Å². The summed E-state index contributed by atoms with van der Waals surface area (Å²) in [5.41, 5.74) is 6.71. The van der Waals surface area contributed by atoms with E-state index in [1.165, 1.54) is 22.3 Å². The molecule has 2 fully saturated rings. The molecule has 2 nitrogen and oxygen atoms in total. The molecule has 4 aliphatic carbocycles. The van der Waals surface area contributed by atoms with Crippen LogP contribution in [0.4, 0.5) is 0 Å². The second kappa shape index (κ2) is 7.60. The summed E-state index contributed by atoms with van der Waals surface area (Å²) in [5.74, 6) is 7.72. The smallest absolute Gasteiger partial charge is 0.156 e. The maximum atomic E-state index is 12.2. The van der Waals surface area contributed by atoms with Gasteiger partial charge < -0.3 is 5.11 Å². The van der Waals surface area contributed by atoms with Crippen molar-refractivity contribution in [2.45, 2.75) is 77.2 Å². The Balaban J connectivity index is 1.68. The van der Waals surface area contributed by atoms with E-state index < -0.39 is 5.60 Å². The largest absolute Gasteiger partial charge is 0.377 e. The lowest BCUT2D eigenvalue weighted by molar-refractivity contribution is -0.114. The molecular formula is C30H34O2. The zero-order valence-electron chi connectivity index (χ0n) is 19.6. The first-order valence-corrected chi connectivity index (χ1v) is 12.2. The van der Waals surface area contributed by atoms with Gasteiger partial charge in [-0.05, 0) is 92.6 Å². The van der Waals surface area contributed by atoms with Crippen LogP contribution < -0.4 is 0 Å². The van der Waals surface area contributed by atoms with E-state index in [2.05, 4.69) is 49.6 Å². The summed E-state index contributed by atoms with van der Waals surface area (Å²) in [4.78, 5) is 12.2. The van der Waals surface area contributed by atoms with Crippen molar-refractivity contribution in [2.24, 2.45) is 17.3 Å². The molecule has 1 aromatic carbocycles. The molecule has 0 heterocycles. The van der Waals surface area contributed by atoms with Gasteiger partial charge in [0.2, 0.25) is 0 Å². The molecule has 0 aromatic heterocycles. The summed E-state index contributed by atoms with van der Waals surface area (Å²) in [7, 11) is 0. The number of aliphatic hydroxyl groups is 1. The van der Waals surface area contributed by atoms with Crippen molar-refractivity contribution in [1.29, 1.82) is 0 Å². The second-order valence-corrected chi connectivity index (χ2v) is 10.7. The Morgan fingerprint density at radius 1 is 1.16 bits per heavy atom. The molecule has 4 aliphatic rings. The third-order valence-electron chi connectivity index (χ3n) is 9.02. The third kappa shape index (κ3) is 3.09. The van der Waals surface area contributed by atoms with Crippen molar-refractivity contribution in [3.63, 3.8) is 0 Å². The lowest BCUT2D eigenvalue weighted by Crippen LogP contribution is -2.51. The fourth-order valence-electron chi connectivity index (χ4n) is 7.38. The van der Waals surface area contributed by atoms with Crippen molar-refractivity contribution in [3.8, 4) is 11.8 Å². The second-order valence-electron chi connectivity index (χ2n) is 10.7. The van der Waals surface area contributed by atoms with Gasteiger partial charge in [-0.15, -0.1) is 5.92 Å². The lowest BCUT2D eigenvalue weighted by Gasteiger charge is -2.53. The minimum atomic E-state index is -0.919. The molecular weight excluding hydrogens is 392 g/mol. The Kier molecular flexibility index (Phi) is 5.10. The van der Waals surface area contributed by atoms with Crippen LogP contribution in [0, 0.1) is 29.1 Å². The van der Waals surface area contributed by atoms with Gasteiger partial charge in [0.15, 0.2) is 5.78 Å². The highest BCUT2D eigenvalue weighted by Crippen LogP contribution is 2.66. The Bertz CT molecular complexity index is 1110. The average molecular weight is 427 g/mol. The van der Waals surface area contributed by atoms with Gasteiger partial charge >= 0.3 is 0 Å². The van der Waals surface area contributed by atoms with Crippen molar-refractivity contribution in [3.05, 3.63) is 64.8 Å². The minimum absolute atomic E-state index is 0.228. The van der Waals surface area contributed by atoms with Gasteiger partial charge in [-0.3, -0.25) is 4.79 Å². The molecule has 0 saturated heterocycles. The highest BCUT2D eigenvalue weighted by molar-refractivity contribution is 5.93. The number of fused-ring (bicyclic) bond motifs is 4. The average Bonchev–Trinajstić information content (AvgIpc) is 3.03. The Labute approximate surface area is 192 Å². The van der Waals surface area contributed by atoms with Crippen LogP contribution in [0.5, 0.6) is 0 Å². The molecule has 1 N–H and O–H groups in total. The predicted octanol–water partition coefficient (Wildman–Crippen LogP) is 6.37. The molecule has 0 amide bonds. The molecule has 0 radical (unpaired) electrons. The summed E-state index contributed by atoms with van der Waals surface area (Å²) in [5, 5.41) is 11.7. The van der Waals surface area contributed by atoms with Crippen LogP contribution in [0.1, 0.15) is 82.8 Å². The minimum Gasteiger partial charge on any atom is -0.377 e. The zero-order chi connectivity index (χ0) is 22.7. The zero-order valence-corrected chi connectivity index (χ0v) is 19.6. The van der Waals surface area contributed by atoms with Crippen LogP contribution >= 0.6 is 0 Å². The maximum Gasteiger partial charge on any atom is 0.156 e. The van der Waals surface area contributed by atoms with E-state index in [0.717, 1.165) is 44.1 Å². The van der Waals surface area contributed by atoms with Crippen molar-refractivity contribution < 1.29 is 9.90 Å². The van der Waals surface area contributed by atoms with Gasteiger partial charge in [0.1, 0.15) is 5.60 Å². The predicted molar refractivity (Wildman–Crippen MR) is 130 cm³/mol. The molecule has 5 rings (SSSR count). The maximum absolute atomic E-state index is 12.2. The van der Waals surface area contributed by atoms with Gasteiger partial charge in [-0.1, -0.05) is 54.8 Å². The third-order valence-corrected chi connectivity index (χ3v) is 9.02. The fourth-order valence-corrected chi connectivity index (χ4v) is 7.38. The summed E-state index contributed by atoms with van der Waals surface area (Å²) in [6, 6.07) is 8.88. The molecule has 1 aromatic rings. The number of ketones is 1. The van der Waals surface area contributed by atoms with E-state index in [1.807, 2.05) is 19.9 Å². The normalized spacial score (nSPS) is 35.8. The highest BCUT2D eigenvalue weighted by Gasteiger charge is 2.62. The first-order chi connectivity index (χ1) is 15.3. The van der Waals surface area contributed by atoms with Crippen LogP contribution in [0.2, 0.25) is 0 Å². The number of rotatable bonds is 2. The lowest BCUT2D eigenvalue weighted by atomic mass is 9.51. The first kappa shape index (κ1) is 21.5. The molecule has 2 heteroatoms. The van der Waals surface area contributed by atoms with Gasteiger partial charge in [-0.25, -0.2) is 0 Å². The number of benzene rings is 1. The summed E-state index contributed by atoms with van der Waals surface area (Å²) in [6.07, 6.45) is 8.19. The number of carbonyl (C=O) groups excluding carboxylic acids is 1.